The zero-order chi connectivity index (χ0) is 26.5. The van der Waals surface area contributed by atoms with E-state index in [1.807, 2.05) is 29.6 Å². The molecule has 0 radical (unpaired) electrons. The van der Waals surface area contributed by atoms with Crippen LogP contribution in [-0.2, 0) is 6.18 Å². The molecule has 0 saturated heterocycles. The average Bonchev–Trinajstić information content (AvgIpc) is 3.35. The minimum absolute atomic E-state index is 0.133. The van der Waals surface area contributed by atoms with Gasteiger partial charge in [0.1, 0.15) is 5.75 Å². The van der Waals surface area contributed by atoms with E-state index in [2.05, 4.69) is 17.2 Å². The fourth-order valence-corrected chi connectivity index (χ4v) is 4.66. The number of nitrogens with zero attached hydrogens (tertiary/aromatic N) is 1. The molecule has 4 nitrogen and oxygen atoms in total. The molecular formula is C29H35F3N2O2S. The van der Waals surface area contributed by atoms with Crippen LogP contribution in [0.4, 0.5) is 18.3 Å². The van der Waals surface area contributed by atoms with E-state index in [4.69, 9.17) is 4.74 Å². The number of thiazole rings is 1. The van der Waals surface area contributed by atoms with E-state index < -0.39 is 17.6 Å². The number of hydrogen-bond acceptors (Lipinski definition) is 4. The number of carbonyl (C=O) groups is 1. The Hall–Kier alpha value is -2.87. The van der Waals surface area contributed by atoms with Crippen LogP contribution in [0.15, 0.2) is 53.9 Å². The molecule has 8 heteroatoms. The maximum atomic E-state index is 12.7. The van der Waals surface area contributed by atoms with Gasteiger partial charge in [-0.25, -0.2) is 4.98 Å². The molecule has 2 aromatic carbocycles. The number of amides is 1. The number of ether oxygens (including phenoxy) is 1. The number of carbonyl (C=O) groups excluding carboxylic acids is 1. The lowest BCUT2D eigenvalue weighted by Crippen LogP contribution is -2.12. The van der Waals surface area contributed by atoms with Crippen molar-refractivity contribution >= 4 is 22.4 Å². The Morgan fingerprint density at radius 2 is 1.46 bits per heavy atom. The third-order valence-corrected chi connectivity index (χ3v) is 6.87. The quantitative estimate of drug-likeness (QED) is 0.198. The van der Waals surface area contributed by atoms with Crippen molar-refractivity contribution in [3.05, 3.63) is 65.0 Å². The second kappa shape index (κ2) is 14.8. The maximum Gasteiger partial charge on any atom is 0.416 e. The molecule has 3 aromatic rings. The lowest BCUT2D eigenvalue weighted by molar-refractivity contribution is -0.137. The van der Waals surface area contributed by atoms with E-state index in [9.17, 15) is 18.0 Å². The van der Waals surface area contributed by atoms with Gasteiger partial charge < -0.3 is 4.74 Å². The van der Waals surface area contributed by atoms with Gasteiger partial charge in [0, 0.05) is 16.5 Å². The number of nitrogens with one attached hydrogen (secondary N) is 1. The van der Waals surface area contributed by atoms with Crippen LogP contribution in [0.3, 0.4) is 0 Å². The highest BCUT2D eigenvalue weighted by atomic mass is 32.1. The molecule has 0 aliphatic heterocycles. The summed E-state index contributed by atoms with van der Waals surface area (Å²) >= 11 is 1.25. The van der Waals surface area contributed by atoms with E-state index in [1.54, 1.807) is 0 Å². The maximum absolute atomic E-state index is 12.7. The summed E-state index contributed by atoms with van der Waals surface area (Å²) < 4.78 is 44.0. The summed E-state index contributed by atoms with van der Waals surface area (Å²) in [5, 5.41) is 4.84. The molecule has 3 rings (SSSR count). The molecule has 1 amide bonds. The third-order valence-electron chi connectivity index (χ3n) is 6.12. The highest BCUT2D eigenvalue weighted by Crippen LogP contribution is 2.30. The zero-order valence-corrected chi connectivity index (χ0v) is 22.1. The minimum Gasteiger partial charge on any atom is -0.494 e. The molecule has 0 spiro atoms. The number of hydrogen-bond donors (Lipinski definition) is 1. The standard InChI is InChI=1S/C29H35F3N2O2S/c1-2-3-4-5-6-7-8-9-10-11-20-36-25-18-14-22(15-19-25)26-21-37-28(33-26)34-27(35)23-12-16-24(17-13-23)29(30,31)32/h12-19,21H,2-11,20H2,1H3,(H,33,34,35). The van der Waals surface area contributed by atoms with Crippen LogP contribution in [0.5, 0.6) is 5.75 Å². The van der Waals surface area contributed by atoms with Gasteiger partial charge >= 0.3 is 6.18 Å². The van der Waals surface area contributed by atoms with Gasteiger partial charge in [-0.2, -0.15) is 13.2 Å². The lowest BCUT2D eigenvalue weighted by Gasteiger charge is -2.07. The van der Waals surface area contributed by atoms with E-state index in [0.29, 0.717) is 17.4 Å². The van der Waals surface area contributed by atoms with Crippen LogP contribution in [0.25, 0.3) is 11.3 Å². The van der Waals surface area contributed by atoms with Crippen molar-refractivity contribution < 1.29 is 22.7 Å². The Labute approximate surface area is 221 Å². The smallest absolute Gasteiger partial charge is 0.416 e. The van der Waals surface area contributed by atoms with Gasteiger partial charge in [0.25, 0.3) is 5.91 Å². The van der Waals surface area contributed by atoms with E-state index in [0.717, 1.165) is 42.0 Å². The Bertz CT molecular complexity index is 1080. The molecular weight excluding hydrogens is 497 g/mol. The van der Waals surface area contributed by atoms with Crippen molar-refractivity contribution in [2.75, 3.05) is 11.9 Å². The first kappa shape index (κ1) is 28.7. The van der Waals surface area contributed by atoms with Crippen molar-refractivity contribution in [1.82, 2.24) is 4.98 Å². The number of anilines is 1. The topological polar surface area (TPSA) is 51.2 Å². The molecule has 1 aromatic heterocycles. The van der Waals surface area contributed by atoms with Crippen LogP contribution in [0.2, 0.25) is 0 Å². The minimum atomic E-state index is -4.44. The molecule has 1 heterocycles. The second-order valence-electron chi connectivity index (χ2n) is 9.12. The van der Waals surface area contributed by atoms with E-state index in [1.165, 1.54) is 69.1 Å². The number of unbranched alkanes of at least 4 members (excludes halogenated alkanes) is 9. The first-order chi connectivity index (χ1) is 17.9. The molecule has 200 valence electrons. The van der Waals surface area contributed by atoms with Crippen molar-refractivity contribution in [3.63, 3.8) is 0 Å². The van der Waals surface area contributed by atoms with Gasteiger partial charge in [0.05, 0.1) is 17.9 Å². The number of halogens is 3. The molecule has 37 heavy (non-hydrogen) atoms. The summed E-state index contributed by atoms with van der Waals surface area (Å²) in [5.74, 6) is 0.302. The van der Waals surface area contributed by atoms with Crippen molar-refractivity contribution in [3.8, 4) is 17.0 Å². The summed E-state index contributed by atoms with van der Waals surface area (Å²) in [5.41, 5.74) is 0.927. The zero-order valence-electron chi connectivity index (χ0n) is 21.3. The predicted octanol–water partition coefficient (Wildman–Crippen LogP) is 9.38. The van der Waals surface area contributed by atoms with Crippen LogP contribution in [0.1, 0.15) is 87.1 Å². The second-order valence-corrected chi connectivity index (χ2v) is 9.98. The SMILES string of the molecule is CCCCCCCCCCCCOc1ccc(-c2csc(NC(=O)c3ccc(C(F)(F)F)cc3)n2)cc1. The predicted molar refractivity (Wildman–Crippen MR) is 144 cm³/mol. The molecule has 0 saturated carbocycles. The molecule has 0 aliphatic carbocycles. The van der Waals surface area contributed by atoms with Gasteiger partial charge in [-0.3, -0.25) is 10.1 Å². The van der Waals surface area contributed by atoms with Gasteiger partial charge in [-0.1, -0.05) is 64.7 Å². The third kappa shape index (κ3) is 9.84. The highest BCUT2D eigenvalue weighted by molar-refractivity contribution is 7.14. The Kier molecular flexibility index (Phi) is 11.5. The van der Waals surface area contributed by atoms with Gasteiger partial charge in [0.2, 0.25) is 0 Å². The number of alkyl halides is 3. The highest BCUT2D eigenvalue weighted by Gasteiger charge is 2.30. The lowest BCUT2D eigenvalue weighted by atomic mass is 10.1. The fraction of sp³-hybridized carbons (Fsp3) is 0.448. The first-order valence-corrected chi connectivity index (χ1v) is 13.9. The summed E-state index contributed by atoms with van der Waals surface area (Å²) in [4.78, 5) is 16.8. The van der Waals surface area contributed by atoms with Gasteiger partial charge in [-0.15, -0.1) is 11.3 Å². The van der Waals surface area contributed by atoms with Crippen LogP contribution < -0.4 is 10.1 Å². The molecule has 0 unspecified atom stereocenters. The van der Waals surface area contributed by atoms with Crippen molar-refractivity contribution in [2.45, 2.75) is 77.3 Å². The summed E-state index contributed by atoms with van der Waals surface area (Å²) in [6, 6.07) is 11.7. The summed E-state index contributed by atoms with van der Waals surface area (Å²) in [7, 11) is 0. The van der Waals surface area contributed by atoms with Crippen LogP contribution in [0, 0.1) is 0 Å². The molecule has 0 bridgehead atoms. The van der Waals surface area contributed by atoms with Crippen molar-refractivity contribution in [2.24, 2.45) is 0 Å². The fourth-order valence-electron chi connectivity index (χ4n) is 3.95. The van der Waals surface area contributed by atoms with Crippen molar-refractivity contribution in [1.29, 1.82) is 0 Å². The molecule has 0 atom stereocenters. The Morgan fingerprint density at radius 3 is 2.05 bits per heavy atom. The van der Waals surface area contributed by atoms with Gasteiger partial charge in [0.15, 0.2) is 5.13 Å². The Balaban J connectivity index is 1.37. The molecule has 1 N–H and O–H groups in total. The van der Waals surface area contributed by atoms with E-state index in [-0.39, 0.29) is 5.56 Å². The van der Waals surface area contributed by atoms with Crippen LogP contribution in [-0.4, -0.2) is 17.5 Å². The normalized spacial score (nSPS) is 11.5. The largest absolute Gasteiger partial charge is 0.494 e. The monoisotopic (exact) mass is 532 g/mol. The summed E-state index contributed by atoms with van der Waals surface area (Å²) in [6.45, 7) is 2.95. The van der Waals surface area contributed by atoms with E-state index >= 15 is 0 Å². The van der Waals surface area contributed by atoms with Gasteiger partial charge in [-0.05, 0) is 55.0 Å². The molecule has 0 fully saturated rings. The number of aromatic nitrogens is 1. The van der Waals surface area contributed by atoms with Crippen LogP contribution >= 0.6 is 11.3 Å². The number of benzene rings is 2. The first-order valence-electron chi connectivity index (χ1n) is 13.0. The average molecular weight is 533 g/mol. The number of rotatable bonds is 15. The molecule has 0 aliphatic rings. The Morgan fingerprint density at radius 1 is 0.865 bits per heavy atom. The summed E-state index contributed by atoms with van der Waals surface area (Å²) in [6.07, 6.45) is 8.45.